The van der Waals surface area contributed by atoms with E-state index in [4.69, 9.17) is 15.2 Å². The van der Waals surface area contributed by atoms with Gasteiger partial charge in [-0.25, -0.2) is 0 Å². The van der Waals surface area contributed by atoms with Gasteiger partial charge < -0.3 is 15.2 Å². The largest absolute Gasteiger partial charge is 0.491 e. The fourth-order valence-electron chi connectivity index (χ4n) is 2.36. The molecule has 0 saturated heterocycles. The van der Waals surface area contributed by atoms with Gasteiger partial charge in [0, 0.05) is 6.04 Å². The first-order chi connectivity index (χ1) is 8.66. The highest BCUT2D eigenvalue weighted by Gasteiger charge is 2.16. The number of ether oxygens (including phenoxy) is 2. The Morgan fingerprint density at radius 3 is 2.94 bits per heavy atom. The maximum atomic E-state index is 6.09. The van der Waals surface area contributed by atoms with Crippen molar-refractivity contribution in [2.75, 3.05) is 13.2 Å². The SMILES string of the molecule is CC(C)OCCOc1ccc2c(c1)CCCC2N. The Morgan fingerprint density at radius 1 is 1.33 bits per heavy atom. The lowest BCUT2D eigenvalue weighted by Gasteiger charge is -2.22. The van der Waals surface area contributed by atoms with Gasteiger partial charge in [-0.15, -0.1) is 0 Å². The lowest BCUT2D eigenvalue weighted by molar-refractivity contribution is 0.0552. The molecule has 0 heterocycles. The Balaban J connectivity index is 1.90. The van der Waals surface area contributed by atoms with Crippen LogP contribution < -0.4 is 10.5 Å². The quantitative estimate of drug-likeness (QED) is 0.816. The van der Waals surface area contributed by atoms with E-state index in [1.165, 1.54) is 17.5 Å². The van der Waals surface area contributed by atoms with Crippen LogP contribution in [0.1, 0.15) is 43.9 Å². The molecule has 1 aliphatic rings. The van der Waals surface area contributed by atoms with Crippen LogP contribution in [0.4, 0.5) is 0 Å². The molecule has 0 bridgehead atoms. The number of hydrogen-bond acceptors (Lipinski definition) is 3. The molecule has 0 saturated carbocycles. The van der Waals surface area contributed by atoms with Crippen molar-refractivity contribution < 1.29 is 9.47 Å². The highest BCUT2D eigenvalue weighted by molar-refractivity contribution is 5.38. The maximum absolute atomic E-state index is 6.09. The number of benzene rings is 1. The van der Waals surface area contributed by atoms with Crippen LogP contribution in [0.15, 0.2) is 18.2 Å². The summed E-state index contributed by atoms with van der Waals surface area (Å²) in [7, 11) is 0. The van der Waals surface area contributed by atoms with Crippen molar-refractivity contribution in [1.29, 1.82) is 0 Å². The van der Waals surface area contributed by atoms with E-state index in [1.807, 2.05) is 19.9 Å². The van der Waals surface area contributed by atoms with Gasteiger partial charge in [0.2, 0.25) is 0 Å². The van der Waals surface area contributed by atoms with Gasteiger partial charge in [0.1, 0.15) is 12.4 Å². The summed E-state index contributed by atoms with van der Waals surface area (Å²) in [4.78, 5) is 0. The zero-order chi connectivity index (χ0) is 13.0. The summed E-state index contributed by atoms with van der Waals surface area (Å²) in [6.45, 7) is 5.29. The van der Waals surface area contributed by atoms with Gasteiger partial charge in [-0.2, -0.15) is 0 Å². The molecule has 100 valence electrons. The van der Waals surface area contributed by atoms with Gasteiger partial charge in [-0.1, -0.05) is 6.07 Å². The third-order valence-corrected chi connectivity index (χ3v) is 3.28. The van der Waals surface area contributed by atoms with Crippen LogP contribution in [0.25, 0.3) is 0 Å². The molecule has 18 heavy (non-hydrogen) atoms. The molecule has 0 radical (unpaired) electrons. The van der Waals surface area contributed by atoms with E-state index in [0.717, 1.165) is 18.6 Å². The molecule has 1 atom stereocenters. The maximum Gasteiger partial charge on any atom is 0.119 e. The Morgan fingerprint density at radius 2 is 2.17 bits per heavy atom. The molecule has 3 nitrogen and oxygen atoms in total. The van der Waals surface area contributed by atoms with Crippen LogP contribution in [-0.2, 0) is 11.2 Å². The third-order valence-electron chi connectivity index (χ3n) is 3.28. The van der Waals surface area contributed by atoms with E-state index in [2.05, 4.69) is 12.1 Å². The normalized spacial score (nSPS) is 18.8. The molecular weight excluding hydrogens is 226 g/mol. The van der Waals surface area contributed by atoms with Gasteiger partial charge in [-0.05, 0) is 56.4 Å². The van der Waals surface area contributed by atoms with Crippen LogP contribution in [0.2, 0.25) is 0 Å². The number of aryl methyl sites for hydroxylation is 1. The molecule has 2 rings (SSSR count). The van der Waals surface area contributed by atoms with Crippen LogP contribution in [0.5, 0.6) is 5.75 Å². The van der Waals surface area contributed by atoms with Crippen LogP contribution in [0, 0.1) is 0 Å². The van der Waals surface area contributed by atoms with Gasteiger partial charge in [0.25, 0.3) is 0 Å². The monoisotopic (exact) mass is 249 g/mol. The van der Waals surface area contributed by atoms with Crippen molar-refractivity contribution >= 4 is 0 Å². The molecule has 1 aliphatic carbocycles. The van der Waals surface area contributed by atoms with Gasteiger partial charge in [0.05, 0.1) is 12.7 Å². The number of rotatable bonds is 5. The average Bonchev–Trinajstić information content (AvgIpc) is 2.35. The number of hydrogen-bond donors (Lipinski definition) is 1. The van der Waals surface area contributed by atoms with E-state index in [9.17, 15) is 0 Å². The second kappa shape index (κ2) is 6.21. The Hall–Kier alpha value is -1.06. The molecule has 0 spiro atoms. The Kier molecular flexibility index (Phi) is 4.61. The first kappa shape index (κ1) is 13.4. The average molecular weight is 249 g/mol. The van der Waals surface area contributed by atoms with E-state index >= 15 is 0 Å². The summed E-state index contributed by atoms with van der Waals surface area (Å²) < 4.78 is 11.1. The summed E-state index contributed by atoms with van der Waals surface area (Å²) in [6.07, 6.45) is 3.64. The second-order valence-corrected chi connectivity index (χ2v) is 5.13. The number of nitrogens with two attached hydrogens (primary N) is 1. The summed E-state index contributed by atoms with van der Waals surface area (Å²) in [5.41, 5.74) is 8.72. The highest BCUT2D eigenvalue weighted by atomic mass is 16.5. The third kappa shape index (κ3) is 3.47. The minimum absolute atomic E-state index is 0.201. The summed E-state index contributed by atoms with van der Waals surface area (Å²) in [5, 5.41) is 0. The molecule has 0 fully saturated rings. The molecule has 0 amide bonds. The molecule has 0 aromatic heterocycles. The van der Waals surface area contributed by atoms with Crippen molar-refractivity contribution in [3.63, 3.8) is 0 Å². The molecular formula is C15H23NO2. The fraction of sp³-hybridized carbons (Fsp3) is 0.600. The first-order valence-corrected chi connectivity index (χ1v) is 6.79. The van der Waals surface area contributed by atoms with Crippen molar-refractivity contribution in [2.24, 2.45) is 5.73 Å². The standard InChI is InChI=1S/C15H23NO2/c1-11(2)17-8-9-18-13-6-7-14-12(10-13)4-3-5-15(14)16/h6-7,10-11,15H,3-5,8-9,16H2,1-2H3. The van der Waals surface area contributed by atoms with Gasteiger partial charge >= 0.3 is 0 Å². The van der Waals surface area contributed by atoms with E-state index in [1.54, 1.807) is 0 Å². The molecule has 1 aromatic rings. The smallest absolute Gasteiger partial charge is 0.119 e. The molecule has 1 unspecified atom stereocenters. The zero-order valence-corrected chi connectivity index (χ0v) is 11.3. The summed E-state index contributed by atoms with van der Waals surface area (Å²) in [5.74, 6) is 0.926. The lowest BCUT2D eigenvalue weighted by atomic mass is 9.88. The first-order valence-electron chi connectivity index (χ1n) is 6.79. The van der Waals surface area contributed by atoms with Gasteiger partial charge in [0.15, 0.2) is 0 Å². The van der Waals surface area contributed by atoms with Crippen molar-refractivity contribution in [1.82, 2.24) is 0 Å². The van der Waals surface area contributed by atoms with Crippen LogP contribution >= 0.6 is 0 Å². The zero-order valence-electron chi connectivity index (χ0n) is 11.3. The predicted octanol–water partition coefficient (Wildman–Crippen LogP) is 2.83. The van der Waals surface area contributed by atoms with Crippen molar-refractivity contribution in [3.8, 4) is 5.75 Å². The second-order valence-electron chi connectivity index (χ2n) is 5.13. The van der Waals surface area contributed by atoms with Crippen molar-refractivity contribution in [2.45, 2.75) is 45.3 Å². The molecule has 1 aromatic carbocycles. The predicted molar refractivity (Wildman–Crippen MR) is 72.9 cm³/mol. The van der Waals surface area contributed by atoms with E-state index < -0.39 is 0 Å². The van der Waals surface area contributed by atoms with Crippen LogP contribution in [0.3, 0.4) is 0 Å². The minimum atomic E-state index is 0.201. The summed E-state index contributed by atoms with van der Waals surface area (Å²) >= 11 is 0. The topological polar surface area (TPSA) is 44.5 Å². The van der Waals surface area contributed by atoms with Crippen molar-refractivity contribution in [3.05, 3.63) is 29.3 Å². The van der Waals surface area contributed by atoms with Crippen LogP contribution in [-0.4, -0.2) is 19.3 Å². The Bertz CT molecular complexity index is 390. The van der Waals surface area contributed by atoms with E-state index in [-0.39, 0.29) is 12.1 Å². The highest BCUT2D eigenvalue weighted by Crippen LogP contribution is 2.30. The Labute approximate surface area is 109 Å². The van der Waals surface area contributed by atoms with E-state index in [0.29, 0.717) is 13.2 Å². The van der Waals surface area contributed by atoms with Gasteiger partial charge in [-0.3, -0.25) is 0 Å². The molecule has 0 aliphatic heterocycles. The number of fused-ring (bicyclic) bond motifs is 1. The lowest BCUT2D eigenvalue weighted by Crippen LogP contribution is -2.17. The fourth-order valence-corrected chi connectivity index (χ4v) is 2.36. The minimum Gasteiger partial charge on any atom is -0.491 e. The molecule has 3 heteroatoms. The summed E-state index contributed by atoms with van der Waals surface area (Å²) in [6, 6.07) is 6.45. The molecule has 2 N–H and O–H groups in total.